The summed E-state index contributed by atoms with van der Waals surface area (Å²) in [6, 6.07) is 3.08. The van der Waals surface area contributed by atoms with Gasteiger partial charge in [0.2, 0.25) is 29.5 Å². The fourth-order valence-electron chi connectivity index (χ4n) is 6.00. The van der Waals surface area contributed by atoms with Gasteiger partial charge in [0, 0.05) is 5.92 Å². The Labute approximate surface area is 294 Å². The number of aliphatic hydroxyl groups is 2. The number of nitrogens with two attached hydrogens (primary N) is 1. The summed E-state index contributed by atoms with van der Waals surface area (Å²) in [6.45, 7) is 8.90. The van der Waals surface area contributed by atoms with Gasteiger partial charge in [-0.3, -0.25) is 24.0 Å². The van der Waals surface area contributed by atoms with Crippen LogP contribution in [0.1, 0.15) is 72.8 Å². The quantitative estimate of drug-likeness (QED) is 0.0905. The number of hydrogen-bond acceptors (Lipinski definition) is 10. The van der Waals surface area contributed by atoms with Gasteiger partial charge in [0.25, 0.3) is 0 Å². The van der Waals surface area contributed by atoms with Gasteiger partial charge >= 0.3 is 5.97 Å². The van der Waals surface area contributed by atoms with Crippen molar-refractivity contribution in [2.45, 2.75) is 115 Å². The average Bonchev–Trinajstić information content (AvgIpc) is 3.63. The number of aliphatic hydroxyl groups excluding tert-OH is 2. The Kier molecular flexibility index (Phi) is 16.3. The fourth-order valence-corrected chi connectivity index (χ4v) is 6.00. The van der Waals surface area contributed by atoms with Gasteiger partial charge in [0.15, 0.2) is 0 Å². The van der Waals surface area contributed by atoms with E-state index < -0.39 is 95.8 Å². The average molecular weight is 705 g/mol. The van der Waals surface area contributed by atoms with Crippen LogP contribution in [0.3, 0.4) is 0 Å². The summed E-state index contributed by atoms with van der Waals surface area (Å²) in [5.74, 6) is -5.70. The van der Waals surface area contributed by atoms with E-state index in [0.29, 0.717) is 18.4 Å². The third kappa shape index (κ3) is 11.0. The van der Waals surface area contributed by atoms with Crippen molar-refractivity contribution in [3.05, 3.63) is 35.9 Å². The molecule has 5 amide bonds. The van der Waals surface area contributed by atoms with Crippen molar-refractivity contribution in [1.29, 1.82) is 0 Å². The molecule has 1 aliphatic carbocycles. The molecule has 1 aliphatic rings. The Bertz CT molecular complexity index is 1320. The molecule has 0 saturated heterocycles. The zero-order valence-electron chi connectivity index (χ0n) is 30.2. The van der Waals surface area contributed by atoms with Crippen molar-refractivity contribution in [2.24, 2.45) is 23.5 Å². The minimum atomic E-state index is -2.04. The molecule has 1 fully saturated rings. The van der Waals surface area contributed by atoms with E-state index in [-0.39, 0.29) is 12.3 Å². The molecule has 50 heavy (non-hydrogen) atoms. The Morgan fingerprint density at radius 3 is 1.90 bits per heavy atom. The van der Waals surface area contributed by atoms with E-state index in [1.165, 1.54) is 21.0 Å². The van der Waals surface area contributed by atoms with Crippen molar-refractivity contribution >= 4 is 35.5 Å². The Balaban J connectivity index is 2.53. The predicted molar refractivity (Wildman–Crippen MR) is 185 cm³/mol. The Morgan fingerprint density at radius 1 is 0.860 bits per heavy atom. The molecule has 0 heterocycles. The van der Waals surface area contributed by atoms with E-state index in [0.717, 1.165) is 12.8 Å². The lowest BCUT2D eigenvalue weighted by atomic mass is 9.75. The molecule has 9 N–H and O–H groups in total. The Hall–Kier alpha value is -4.08. The largest absolute Gasteiger partial charge is 0.467 e. The molecule has 0 aromatic heterocycles. The number of benzene rings is 1. The van der Waals surface area contributed by atoms with Crippen molar-refractivity contribution in [1.82, 2.24) is 26.6 Å². The summed E-state index contributed by atoms with van der Waals surface area (Å²) in [4.78, 5) is 79.5. The number of methoxy groups -OCH3 is 1. The van der Waals surface area contributed by atoms with Gasteiger partial charge in [-0.05, 0) is 50.5 Å². The summed E-state index contributed by atoms with van der Waals surface area (Å²) < 4.78 is 4.93. The van der Waals surface area contributed by atoms with Crippen LogP contribution in [0.4, 0.5) is 0 Å². The molecule has 0 spiro atoms. The highest BCUT2D eigenvalue weighted by Gasteiger charge is 2.54. The third-order valence-electron chi connectivity index (χ3n) is 9.26. The minimum Gasteiger partial charge on any atom is -0.467 e. The molecule has 1 aromatic carbocycles. The summed E-state index contributed by atoms with van der Waals surface area (Å²) in [5.41, 5.74) is 4.16. The van der Waals surface area contributed by atoms with Gasteiger partial charge in [-0.1, -0.05) is 70.9 Å². The SMILES string of the molecule is COC(=O)[C@@H](NC(=O)[C@](NC(=O)C1CCCC1)(C(C)C)C(O)C(Cc1ccccc1)NC(=O)[C@H](C)NC(=O)[C@H](C)NC(=O)[C@@H](N)CO)C(C)C. The second-order valence-corrected chi connectivity index (χ2v) is 13.7. The highest BCUT2D eigenvalue weighted by molar-refractivity contribution is 5.96. The molecule has 15 nitrogen and oxygen atoms in total. The summed E-state index contributed by atoms with van der Waals surface area (Å²) in [6.07, 6.45) is 1.18. The Morgan fingerprint density at radius 2 is 1.40 bits per heavy atom. The number of carbonyl (C=O) groups is 6. The van der Waals surface area contributed by atoms with E-state index in [1.807, 2.05) is 0 Å². The lowest BCUT2D eigenvalue weighted by molar-refractivity contribution is -0.152. The van der Waals surface area contributed by atoms with Crippen LogP contribution < -0.4 is 32.3 Å². The molecule has 1 saturated carbocycles. The lowest BCUT2D eigenvalue weighted by Crippen LogP contribution is -2.74. The zero-order valence-corrected chi connectivity index (χ0v) is 30.2. The van der Waals surface area contributed by atoms with Gasteiger partial charge in [0.1, 0.15) is 35.8 Å². The number of carbonyl (C=O) groups excluding carboxylic acids is 6. The molecule has 15 heteroatoms. The first-order valence-electron chi connectivity index (χ1n) is 17.2. The molecule has 0 bridgehead atoms. The van der Waals surface area contributed by atoms with Crippen molar-refractivity contribution in [3.8, 4) is 0 Å². The maximum absolute atomic E-state index is 14.5. The van der Waals surface area contributed by atoms with E-state index in [4.69, 9.17) is 15.6 Å². The number of esters is 1. The molecule has 0 aliphatic heterocycles. The minimum absolute atomic E-state index is 0.0194. The van der Waals surface area contributed by atoms with Crippen molar-refractivity contribution in [2.75, 3.05) is 13.7 Å². The van der Waals surface area contributed by atoms with Crippen LogP contribution in [-0.2, 0) is 39.9 Å². The monoisotopic (exact) mass is 704 g/mol. The highest BCUT2D eigenvalue weighted by atomic mass is 16.5. The topological polar surface area (TPSA) is 238 Å². The fraction of sp³-hybridized carbons (Fsp3) is 0.657. The van der Waals surface area contributed by atoms with Gasteiger partial charge < -0.3 is 47.3 Å². The van der Waals surface area contributed by atoms with E-state index >= 15 is 0 Å². The van der Waals surface area contributed by atoms with Crippen LogP contribution >= 0.6 is 0 Å². The normalized spacial score (nSPS) is 18.1. The first-order valence-corrected chi connectivity index (χ1v) is 17.2. The summed E-state index contributed by atoms with van der Waals surface area (Å²) in [5, 5.41) is 34.7. The van der Waals surface area contributed by atoms with Crippen LogP contribution in [0.2, 0.25) is 0 Å². The molecular formula is C35H56N6O9. The maximum Gasteiger partial charge on any atom is 0.328 e. The second-order valence-electron chi connectivity index (χ2n) is 13.7. The van der Waals surface area contributed by atoms with Crippen LogP contribution in [-0.4, -0.2) is 101 Å². The van der Waals surface area contributed by atoms with E-state index in [2.05, 4.69) is 26.6 Å². The smallest absolute Gasteiger partial charge is 0.328 e. The van der Waals surface area contributed by atoms with Gasteiger partial charge in [-0.25, -0.2) is 4.79 Å². The second kappa shape index (κ2) is 19.3. The molecule has 2 unspecified atom stereocenters. The van der Waals surface area contributed by atoms with Crippen molar-refractivity contribution in [3.63, 3.8) is 0 Å². The summed E-state index contributed by atoms with van der Waals surface area (Å²) in [7, 11) is 1.19. The van der Waals surface area contributed by atoms with Gasteiger partial charge in [-0.15, -0.1) is 0 Å². The number of hydrogen-bond donors (Lipinski definition) is 8. The van der Waals surface area contributed by atoms with Crippen LogP contribution in [0.25, 0.3) is 0 Å². The number of amides is 5. The molecule has 1 aromatic rings. The van der Waals surface area contributed by atoms with Crippen molar-refractivity contribution < 1.29 is 43.7 Å². The lowest BCUT2D eigenvalue weighted by Gasteiger charge is -2.45. The number of rotatable bonds is 18. The van der Waals surface area contributed by atoms with E-state index in [9.17, 15) is 33.9 Å². The third-order valence-corrected chi connectivity index (χ3v) is 9.26. The predicted octanol–water partition coefficient (Wildman–Crippen LogP) is -0.581. The number of nitrogens with one attached hydrogen (secondary N) is 5. The first-order chi connectivity index (χ1) is 23.5. The highest BCUT2D eigenvalue weighted by Crippen LogP contribution is 2.31. The molecule has 0 radical (unpaired) electrons. The van der Waals surface area contributed by atoms with Gasteiger partial charge in [-0.2, -0.15) is 0 Å². The number of ether oxygens (including phenoxy) is 1. The maximum atomic E-state index is 14.5. The summed E-state index contributed by atoms with van der Waals surface area (Å²) >= 11 is 0. The first kappa shape index (κ1) is 42.1. The zero-order chi connectivity index (χ0) is 37.8. The van der Waals surface area contributed by atoms with Crippen LogP contribution in [0.15, 0.2) is 30.3 Å². The van der Waals surface area contributed by atoms with E-state index in [1.54, 1.807) is 58.0 Å². The van der Waals surface area contributed by atoms with Gasteiger partial charge in [0.05, 0.1) is 19.8 Å². The standard InChI is InChI=1S/C35H56N6O9/c1-19(2)27(33(48)50-7)40-34(49)35(20(3)4,41-31(46)24-15-11-12-16-24)28(43)26(17-23-13-9-8-10-14-23)39-30(45)22(6)37-29(44)21(5)38-32(47)25(36)18-42/h8-10,13-14,19-22,24-28,42-43H,11-12,15-18,36H2,1-7H3,(H,37,44)(H,38,47)(H,39,45)(H,40,49)(H,41,46)/t21-,22-,25-,26?,27-,28?,35-/m0/s1. The molecule has 7 atom stereocenters. The van der Waals surface area contributed by atoms with Crippen LogP contribution in [0.5, 0.6) is 0 Å². The van der Waals surface area contributed by atoms with Crippen LogP contribution in [0, 0.1) is 17.8 Å². The molecular weight excluding hydrogens is 648 g/mol. The molecule has 2 rings (SSSR count). The molecule has 280 valence electrons.